The molecule has 0 aromatic rings. The predicted octanol–water partition coefficient (Wildman–Crippen LogP) is -4.20. The lowest BCUT2D eigenvalue weighted by molar-refractivity contribution is -0.136. The summed E-state index contributed by atoms with van der Waals surface area (Å²) in [5.74, 6) is 0. The maximum absolute atomic E-state index is 9.90. The molecule has 7 nitrogen and oxygen atoms in total. The third-order valence-electron chi connectivity index (χ3n) is 1.42. The van der Waals surface area contributed by atoms with Crippen LogP contribution in [0.15, 0.2) is 0 Å². The summed E-state index contributed by atoms with van der Waals surface area (Å²) >= 11 is 0. The number of rotatable bonds is 5. The highest BCUT2D eigenvalue weighted by molar-refractivity contribution is 5.56. The Morgan fingerprint density at radius 3 is 1.85 bits per heavy atom. The van der Waals surface area contributed by atoms with Crippen molar-refractivity contribution < 1.29 is 35.8 Å². The molecule has 0 fully saturated rings. The van der Waals surface area contributed by atoms with Crippen molar-refractivity contribution in [2.45, 2.75) is 24.4 Å². The standard InChI is InChI=1S/C6H12O6.H2O/c7-1-3(9)5(11)6(12)4(10)2-8;/h1,3-6,8-12H,2H2;1H2/t3-,4+,5+,6-;/m1./s1. The van der Waals surface area contributed by atoms with Crippen LogP contribution < -0.4 is 0 Å². The maximum Gasteiger partial charge on any atom is 0.151 e. The van der Waals surface area contributed by atoms with E-state index in [1.807, 2.05) is 0 Å². The lowest BCUT2D eigenvalue weighted by atomic mass is 10.0. The summed E-state index contributed by atoms with van der Waals surface area (Å²) in [6.45, 7) is -0.760. The molecule has 0 bridgehead atoms. The van der Waals surface area contributed by atoms with Gasteiger partial charge in [-0.05, 0) is 0 Å². The number of aldehydes is 1. The lowest BCUT2D eigenvalue weighted by Crippen LogP contribution is -2.46. The van der Waals surface area contributed by atoms with E-state index in [0.717, 1.165) is 0 Å². The van der Waals surface area contributed by atoms with Crippen LogP contribution in [0.4, 0.5) is 0 Å². The van der Waals surface area contributed by atoms with Crippen LogP contribution in [-0.2, 0) is 4.79 Å². The van der Waals surface area contributed by atoms with Crippen LogP contribution >= 0.6 is 0 Å². The van der Waals surface area contributed by atoms with Gasteiger partial charge in [-0.1, -0.05) is 0 Å². The van der Waals surface area contributed by atoms with Crippen LogP contribution in [-0.4, -0.2) is 68.3 Å². The Morgan fingerprint density at radius 2 is 1.54 bits per heavy atom. The summed E-state index contributed by atoms with van der Waals surface area (Å²) in [7, 11) is 0. The molecule has 0 unspecified atom stereocenters. The number of hydrogen-bond acceptors (Lipinski definition) is 6. The Kier molecular flexibility index (Phi) is 7.92. The molecule has 80 valence electrons. The summed E-state index contributed by atoms with van der Waals surface area (Å²) < 4.78 is 0. The smallest absolute Gasteiger partial charge is 0.151 e. The highest BCUT2D eigenvalue weighted by Gasteiger charge is 2.29. The van der Waals surface area contributed by atoms with Crippen molar-refractivity contribution in [1.82, 2.24) is 0 Å². The quantitative estimate of drug-likeness (QED) is 0.283. The molecular weight excluding hydrogens is 184 g/mol. The molecule has 0 saturated heterocycles. The van der Waals surface area contributed by atoms with E-state index in [0.29, 0.717) is 0 Å². The van der Waals surface area contributed by atoms with Gasteiger partial charge in [-0.25, -0.2) is 0 Å². The van der Waals surface area contributed by atoms with Crippen molar-refractivity contribution in [1.29, 1.82) is 0 Å². The summed E-state index contributed by atoms with van der Waals surface area (Å²) in [6.07, 6.45) is -6.84. The van der Waals surface area contributed by atoms with Gasteiger partial charge < -0.3 is 35.8 Å². The first-order chi connectivity index (χ1) is 5.54. The first-order valence-electron chi connectivity index (χ1n) is 3.33. The van der Waals surface area contributed by atoms with Gasteiger partial charge in [0, 0.05) is 0 Å². The second kappa shape index (κ2) is 6.89. The molecule has 0 aliphatic rings. The molecule has 0 heterocycles. The first-order valence-corrected chi connectivity index (χ1v) is 3.33. The summed E-state index contributed by atoms with van der Waals surface area (Å²) in [4.78, 5) is 9.90. The van der Waals surface area contributed by atoms with E-state index in [-0.39, 0.29) is 11.8 Å². The topological polar surface area (TPSA) is 150 Å². The summed E-state index contributed by atoms with van der Waals surface area (Å²) in [5, 5.41) is 43.5. The average Bonchev–Trinajstić information content (AvgIpc) is 2.12. The van der Waals surface area contributed by atoms with E-state index in [1.54, 1.807) is 0 Å². The normalized spacial score (nSPS) is 19.5. The number of aliphatic hydroxyl groups excluding tert-OH is 5. The molecule has 0 aliphatic carbocycles. The Balaban J connectivity index is 0. The SMILES string of the molecule is O.O=C[C@@H](O)[C@H](O)[C@H](O)[C@@H](O)CO. The molecule has 7 heteroatoms. The predicted molar refractivity (Wildman–Crippen MR) is 40.8 cm³/mol. The van der Waals surface area contributed by atoms with Crippen molar-refractivity contribution in [2.24, 2.45) is 0 Å². The van der Waals surface area contributed by atoms with E-state index in [9.17, 15) is 4.79 Å². The minimum atomic E-state index is -1.79. The number of carbonyl (C=O) groups is 1. The Morgan fingerprint density at radius 1 is 1.08 bits per heavy atom. The molecule has 4 atom stereocenters. The molecule has 0 radical (unpaired) electrons. The van der Waals surface area contributed by atoms with Gasteiger partial charge in [0.05, 0.1) is 6.61 Å². The largest absolute Gasteiger partial charge is 0.412 e. The van der Waals surface area contributed by atoms with E-state index in [1.165, 1.54) is 0 Å². The fourth-order valence-electron chi connectivity index (χ4n) is 0.618. The zero-order valence-corrected chi connectivity index (χ0v) is 6.74. The fraction of sp³-hybridized carbons (Fsp3) is 0.833. The fourth-order valence-corrected chi connectivity index (χ4v) is 0.618. The molecule has 0 spiro atoms. The van der Waals surface area contributed by atoms with Gasteiger partial charge in [0.15, 0.2) is 6.29 Å². The molecule has 0 aromatic carbocycles. The number of aliphatic hydroxyl groups is 5. The van der Waals surface area contributed by atoms with Gasteiger partial charge in [-0.3, -0.25) is 0 Å². The van der Waals surface area contributed by atoms with Gasteiger partial charge in [-0.15, -0.1) is 0 Å². The zero-order valence-electron chi connectivity index (χ0n) is 6.74. The van der Waals surface area contributed by atoms with Gasteiger partial charge in [0.2, 0.25) is 0 Å². The number of carbonyl (C=O) groups excluding carboxylic acids is 1. The van der Waals surface area contributed by atoms with Crippen LogP contribution in [0.25, 0.3) is 0 Å². The highest BCUT2D eigenvalue weighted by Crippen LogP contribution is 2.02. The second-order valence-corrected chi connectivity index (χ2v) is 2.36. The summed E-state index contributed by atoms with van der Waals surface area (Å²) in [5.41, 5.74) is 0. The van der Waals surface area contributed by atoms with Crippen molar-refractivity contribution in [3.63, 3.8) is 0 Å². The minimum absolute atomic E-state index is 0. The highest BCUT2D eigenvalue weighted by atomic mass is 16.4. The van der Waals surface area contributed by atoms with Crippen LogP contribution in [0.5, 0.6) is 0 Å². The Bertz CT molecular complexity index is 139. The van der Waals surface area contributed by atoms with Gasteiger partial charge in [0.25, 0.3) is 0 Å². The Labute approximate surface area is 74.2 Å². The molecule has 0 rings (SSSR count). The van der Waals surface area contributed by atoms with Crippen LogP contribution in [0.3, 0.4) is 0 Å². The molecule has 0 saturated carbocycles. The van der Waals surface area contributed by atoms with E-state index in [2.05, 4.69) is 0 Å². The molecular formula is C6H14O7. The van der Waals surface area contributed by atoms with E-state index >= 15 is 0 Å². The molecule has 13 heavy (non-hydrogen) atoms. The third kappa shape index (κ3) is 4.27. The van der Waals surface area contributed by atoms with Gasteiger partial charge >= 0.3 is 0 Å². The average molecular weight is 198 g/mol. The van der Waals surface area contributed by atoms with E-state index < -0.39 is 31.0 Å². The van der Waals surface area contributed by atoms with E-state index in [4.69, 9.17) is 25.5 Å². The van der Waals surface area contributed by atoms with Crippen molar-refractivity contribution in [2.75, 3.05) is 6.61 Å². The zero-order chi connectivity index (χ0) is 9.72. The Hall–Kier alpha value is -0.570. The molecule has 7 N–H and O–H groups in total. The van der Waals surface area contributed by atoms with Crippen LogP contribution in [0, 0.1) is 0 Å². The second-order valence-electron chi connectivity index (χ2n) is 2.36. The third-order valence-corrected chi connectivity index (χ3v) is 1.42. The monoisotopic (exact) mass is 198 g/mol. The van der Waals surface area contributed by atoms with Crippen molar-refractivity contribution >= 4 is 6.29 Å². The minimum Gasteiger partial charge on any atom is -0.412 e. The van der Waals surface area contributed by atoms with Crippen LogP contribution in [0.2, 0.25) is 0 Å². The first kappa shape index (κ1) is 14.9. The van der Waals surface area contributed by atoms with Crippen molar-refractivity contribution in [3.05, 3.63) is 0 Å². The lowest BCUT2D eigenvalue weighted by Gasteiger charge is -2.22. The molecule has 0 aliphatic heterocycles. The molecule has 0 amide bonds. The summed E-state index contributed by atoms with van der Waals surface area (Å²) in [6, 6.07) is 0. The van der Waals surface area contributed by atoms with Gasteiger partial charge in [-0.2, -0.15) is 0 Å². The maximum atomic E-state index is 9.90. The molecule has 0 aromatic heterocycles. The van der Waals surface area contributed by atoms with Crippen LogP contribution in [0.1, 0.15) is 0 Å². The van der Waals surface area contributed by atoms with Crippen molar-refractivity contribution in [3.8, 4) is 0 Å². The van der Waals surface area contributed by atoms with Gasteiger partial charge in [0.1, 0.15) is 24.4 Å². The number of hydrogen-bond donors (Lipinski definition) is 5.